The molecule has 0 spiro atoms. The van der Waals surface area contributed by atoms with E-state index in [2.05, 4.69) is 15.0 Å². The zero-order valence-corrected chi connectivity index (χ0v) is 16.5. The summed E-state index contributed by atoms with van der Waals surface area (Å²) in [6.45, 7) is -2.96. The number of carbonyl (C=O) groups excluding carboxylic acids is 1. The van der Waals surface area contributed by atoms with Gasteiger partial charge in [-0.05, 0) is 24.3 Å². The van der Waals surface area contributed by atoms with Crippen LogP contribution in [0.4, 0.5) is 13.9 Å². The number of methoxy groups -OCH3 is 1. The van der Waals surface area contributed by atoms with E-state index in [1.54, 1.807) is 23.6 Å². The first kappa shape index (κ1) is 20.3. The molecule has 0 bridgehead atoms. The van der Waals surface area contributed by atoms with E-state index in [1.165, 1.54) is 25.3 Å². The third-order valence-corrected chi connectivity index (χ3v) is 4.89. The summed E-state index contributed by atoms with van der Waals surface area (Å²) in [4.78, 5) is 16.7. The lowest BCUT2D eigenvalue weighted by Crippen LogP contribution is -2.12. The molecule has 146 valence electrons. The van der Waals surface area contributed by atoms with Crippen molar-refractivity contribution in [2.75, 3.05) is 12.4 Å². The molecule has 3 aromatic rings. The number of anilines is 1. The second kappa shape index (κ2) is 8.72. The smallest absolute Gasteiger partial charge is 0.387 e. The molecule has 3 rings (SSSR count). The van der Waals surface area contributed by atoms with E-state index in [4.69, 9.17) is 27.9 Å². The Morgan fingerprint density at radius 1 is 1.21 bits per heavy atom. The summed E-state index contributed by atoms with van der Waals surface area (Å²) in [5.41, 5.74) is 0.992. The van der Waals surface area contributed by atoms with Crippen LogP contribution in [0.3, 0.4) is 0 Å². The molecule has 0 radical (unpaired) electrons. The molecule has 0 saturated heterocycles. The molecule has 1 heterocycles. The number of hydrogen-bond acceptors (Lipinski definition) is 5. The van der Waals surface area contributed by atoms with Crippen molar-refractivity contribution < 1.29 is 23.0 Å². The maximum Gasteiger partial charge on any atom is 0.387 e. The molecule has 0 fully saturated rings. The fourth-order valence-electron chi connectivity index (χ4n) is 2.39. The van der Waals surface area contributed by atoms with Crippen LogP contribution in [0.1, 0.15) is 10.4 Å². The molecular weight excluding hydrogens is 433 g/mol. The minimum atomic E-state index is -2.96. The Morgan fingerprint density at radius 3 is 2.54 bits per heavy atom. The Hall–Kier alpha value is -2.42. The molecule has 5 nitrogen and oxygen atoms in total. The number of nitrogens with one attached hydrogen (secondary N) is 1. The number of ether oxygens (including phenoxy) is 2. The van der Waals surface area contributed by atoms with Gasteiger partial charge in [0.25, 0.3) is 5.91 Å². The number of aromatic nitrogens is 1. The Balaban J connectivity index is 1.81. The molecule has 0 aliphatic heterocycles. The van der Waals surface area contributed by atoms with Gasteiger partial charge in [0, 0.05) is 16.5 Å². The number of alkyl halides is 2. The van der Waals surface area contributed by atoms with Gasteiger partial charge in [0.2, 0.25) is 0 Å². The van der Waals surface area contributed by atoms with Crippen LogP contribution in [-0.4, -0.2) is 24.6 Å². The highest BCUT2D eigenvalue weighted by Crippen LogP contribution is 2.35. The predicted molar refractivity (Wildman–Crippen MR) is 105 cm³/mol. The summed E-state index contributed by atoms with van der Waals surface area (Å²) in [7, 11) is 1.42. The molecule has 0 atom stereocenters. The number of rotatable bonds is 6. The minimum absolute atomic E-state index is 0.00519. The van der Waals surface area contributed by atoms with Gasteiger partial charge in [-0.1, -0.05) is 35.3 Å². The number of halogens is 4. The van der Waals surface area contributed by atoms with Gasteiger partial charge < -0.3 is 9.47 Å². The molecule has 0 saturated carbocycles. The highest BCUT2D eigenvalue weighted by Gasteiger charge is 2.17. The molecule has 0 unspecified atom stereocenters. The highest BCUT2D eigenvalue weighted by molar-refractivity contribution is 7.14. The Morgan fingerprint density at radius 2 is 1.89 bits per heavy atom. The van der Waals surface area contributed by atoms with Crippen LogP contribution in [0, 0.1) is 0 Å². The molecule has 1 amide bonds. The summed E-state index contributed by atoms with van der Waals surface area (Å²) < 4.78 is 34.7. The van der Waals surface area contributed by atoms with Crippen LogP contribution in [-0.2, 0) is 0 Å². The minimum Gasteiger partial charge on any atom is -0.494 e. The fraction of sp³-hybridized carbons (Fsp3) is 0.111. The molecule has 28 heavy (non-hydrogen) atoms. The van der Waals surface area contributed by atoms with E-state index >= 15 is 0 Å². The van der Waals surface area contributed by atoms with Crippen molar-refractivity contribution in [2.45, 2.75) is 6.61 Å². The summed E-state index contributed by atoms with van der Waals surface area (Å²) in [5, 5.41) is 4.90. The molecular formula is C18H12Cl2F2N2O3S. The van der Waals surface area contributed by atoms with Gasteiger partial charge in [-0.2, -0.15) is 8.78 Å². The lowest BCUT2D eigenvalue weighted by Gasteiger charge is -2.09. The van der Waals surface area contributed by atoms with Crippen molar-refractivity contribution in [3.63, 3.8) is 0 Å². The quantitative estimate of drug-likeness (QED) is 0.507. The van der Waals surface area contributed by atoms with Gasteiger partial charge in [0.1, 0.15) is 5.75 Å². The average Bonchev–Trinajstić information content (AvgIpc) is 3.09. The van der Waals surface area contributed by atoms with E-state index < -0.39 is 12.5 Å². The monoisotopic (exact) mass is 444 g/mol. The van der Waals surface area contributed by atoms with E-state index in [1.807, 2.05) is 0 Å². The zero-order valence-electron chi connectivity index (χ0n) is 14.2. The third-order valence-electron chi connectivity index (χ3n) is 3.57. The topological polar surface area (TPSA) is 60.5 Å². The third kappa shape index (κ3) is 4.52. The number of nitrogens with zero attached hydrogens (tertiary/aromatic N) is 1. The van der Waals surface area contributed by atoms with Crippen molar-refractivity contribution in [2.24, 2.45) is 0 Å². The maximum atomic E-state index is 12.6. The summed E-state index contributed by atoms with van der Waals surface area (Å²) in [5.74, 6) is -0.217. The predicted octanol–water partition coefficient (Wildman–Crippen LogP) is 5.98. The van der Waals surface area contributed by atoms with Gasteiger partial charge in [-0.3, -0.25) is 10.1 Å². The number of carbonyl (C=O) groups is 1. The van der Waals surface area contributed by atoms with Crippen molar-refractivity contribution in [3.05, 3.63) is 57.4 Å². The van der Waals surface area contributed by atoms with Crippen LogP contribution in [0.15, 0.2) is 41.8 Å². The standard InChI is InChI=1S/C18H12Cl2F2N2O3S/c1-26-15-11(19)6-9(7-12(15)20)16(25)24-18-23-13(8-28-18)10-4-2-3-5-14(10)27-17(21)22/h2-8,17H,1H3,(H,23,24,25). The van der Waals surface area contributed by atoms with Crippen molar-refractivity contribution in [1.29, 1.82) is 0 Å². The SMILES string of the molecule is COc1c(Cl)cc(C(=O)Nc2nc(-c3ccccc3OC(F)F)cs2)cc1Cl. The van der Waals surface area contributed by atoms with Crippen LogP contribution in [0.25, 0.3) is 11.3 Å². The largest absolute Gasteiger partial charge is 0.494 e. The van der Waals surface area contributed by atoms with Crippen LogP contribution >= 0.6 is 34.5 Å². The maximum absolute atomic E-state index is 12.6. The first-order valence-corrected chi connectivity index (χ1v) is 9.36. The Kier molecular flexibility index (Phi) is 6.33. The van der Waals surface area contributed by atoms with Gasteiger partial charge in [0.15, 0.2) is 10.9 Å². The summed E-state index contributed by atoms with van der Waals surface area (Å²) in [6, 6.07) is 9.10. The van der Waals surface area contributed by atoms with Crippen LogP contribution < -0.4 is 14.8 Å². The molecule has 2 aromatic carbocycles. The van der Waals surface area contributed by atoms with E-state index in [0.29, 0.717) is 11.3 Å². The number of para-hydroxylation sites is 1. The first-order valence-electron chi connectivity index (χ1n) is 7.73. The number of thiazole rings is 1. The molecule has 1 N–H and O–H groups in total. The lowest BCUT2D eigenvalue weighted by molar-refractivity contribution is -0.0494. The second-order valence-electron chi connectivity index (χ2n) is 5.34. The van der Waals surface area contributed by atoms with Gasteiger partial charge in [-0.15, -0.1) is 11.3 Å². The van der Waals surface area contributed by atoms with Gasteiger partial charge in [-0.25, -0.2) is 4.98 Å². The average molecular weight is 445 g/mol. The fourth-order valence-corrected chi connectivity index (χ4v) is 3.73. The Bertz CT molecular complexity index is 991. The van der Waals surface area contributed by atoms with E-state index in [-0.39, 0.29) is 32.2 Å². The van der Waals surface area contributed by atoms with Crippen molar-refractivity contribution >= 4 is 45.6 Å². The normalized spacial score (nSPS) is 10.8. The zero-order chi connectivity index (χ0) is 20.3. The molecule has 10 heteroatoms. The van der Waals surface area contributed by atoms with Crippen molar-refractivity contribution in [1.82, 2.24) is 4.98 Å². The Labute approximate surface area is 172 Å². The van der Waals surface area contributed by atoms with Crippen molar-refractivity contribution in [3.8, 4) is 22.8 Å². The summed E-state index contributed by atoms with van der Waals surface area (Å²) in [6.07, 6.45) is 0. The second-order valence-corrected chi connectivity index (χ2v) is 7.01. The number of amides is 1. The lowest BCUT2D eigenvalue weighted by atomic mass is 10.1. The number of benzene rings is 2. The first-order chi connectivity index (χ1) is 13.4. The van der Waals surface area contributed by atoms with Gasteiger partial charge in [0.05, 0.1) is 22.8 Å². The van der Waals surface area contributed by atoms with Crippen LogP contribution in [0.5, 0.6) is 11.5 Å². The molecule has 0 aliphatic carbocycles. The van der Waals surface area contributed by atoms with E-state index in [0.717, 1.165) is 11.3 Å². The van der Waals surface area contributed by atoms with E-state index in [9.17, 15) is 13.6 Å². The van der Waals surface area contributed by atoms with Gasteiger partial charge >= 0.3 is 6.61 Å². The highest BCUT2D eigenvalue weighted by atomic mass is 35.5. The number of hydrogen-bond donors (Lipinski definition) is 1. The summed E-state index contributed by atoms with van der Waals surface area (Å²) >= 11 is 13.2. The molecule has 0 aliphatic rings. The molecule has 1 aromatic heterocycles. The van der Waals surface area contributed by atoms with Crippen LogP contribution in [0.2, 0.25) is 10.0 Å².